The van der Waals surface area contributed by atoms with Gasteiger partial charge in [-0.25, -0.2) is 4.98 Å². The summed E-state index contributed by atoms with van der Waals surface area (Å²) in [5.74, 6) is 0.730. The van der Waals surface area contributed by atoms with Crippen LogP contribution in [0, 0.1) is 17.2 Å². The Labute approximate surface area is 120 Å². The predicted octanol–water partition coefficient (Wildman–Crippen LogP) is 3.77. The second kappa shape index (κ2) is 9.08. The number of ketones is 1. The van der Waals surface area contributed by atoms with Crippen LogP contribution in [0.5, 0.6) is 5.88 Å². The number of Topliss-reactive ketones (excluding diaryl/α,β-unsaturated/α-hetero) is 1. The molecule has 0 bridgehead atoms. The molecule has 0 aliphatic carbocycles. The van der Waals surface area contributed by atoms with Crippen LogP contribution in [0.15, 0.2) is 18.2 Å². The van der Waals surface area contributed by atoms with Crippen LogP contribution in [0.4, 0.5) is 0 Å². The fourth-order valence-corrected chi connectivity index (χ4v) is 2.14. The lowest BCUT2D eigenvalue weighted by Crippen LogP contribution is -2.13. The molecule has 0 saturated heterocycles. The van der Waals surface area contributed by atoms with E-state index >= 15 is 0 Å². The van der Waals surface area contributed by atoms with Gasteiger partial charge in [0.15, 0.2) is 5.78 Å². The molecule has 0 spiro atoms. The summed E-state index contributed by atoms with van der Waals surface area (Å²) in [7, 11) is 0. The van der Waals surface area contributed by atoms with Crippen molar-refractivity contribution in [1.82, 2.24) is 4.98 Å². The number of hydrogen-bond acceptors (Lipinski definition) is 4. The van der Waals surface area contributed by atoms with Crippen molar-refractivity contribution < 1.29 is 9.53 Å². The minimum absolute atomic E-state index is 0.148. The summed E-state index contributed by atoms with van der Waals surface area (Å²) in [4.78, 5) is 15.8. The summed E-state index contributed by atoms with van der Waals surface area (Å²) in [5.41, 5.74) is 0.298. The van der Waals surface area contributed by atoms with Crippen LogP contribution < -0.4 is 4.74 Å². The van der Waals surface area contributed by atoms with Crippen LogP contribution in [0.3, 0.4) is 0 Å². The van der Waals surface area contributed by atoms with E-state index in [9.17, 15) is 4.79 Å². The van der Waals surface area contributed by atoms with Crippen LogP contribution in [-0.2, 0) is 0 Å². The third-order valence-corrected chi connectivity index (χ3v) is 3.11. The molecule has 4 heteroatoms. The standard InChI is InChI=1S/C16H22N2O2/c1-3-6-13(7-4-2)12-20-16-9-5-8-14(18-16)15(19)10-11-17/h5,8-9,13H,3-4,6-7,10,12H2,1-2H3. The van der Waals surface area contributed by atoms with E-state index in [4.69, 9.17) is 10.00 Å². The Hall–Kier alpha value is -1.89. The van der Waals surface area contributed by atoms with E-state index in [1.807, 2.05) is 6.07 Å². The van der Waals surface area contributed by atoms with Crippen LogP contribution in [0.2, 0.25) is 0 Å². The highest BCUT2D eigenvalue weighted by Crippen LogP contribution is 2.16. The fourth-order valence-electron chi connectivity index (χ4n) is 2.14. The summed E-state index contributed by atoms with van der Waals surface area (Å²) in [6.45, 7) is 4.97. The number of carbonyl (C=O) groups excluding carboxylic acids is 1. The SMILES string of the molecule is CCCC(CCC)COc1cccc(C(=O)CC#N)n1. The molecule has 0 N–H and O–H groups in total. The Morgan fingerprint density at radius 2 is 2.05 bits per heavy atom. The zero-order valence-corrected chi connectivity index (χ0v) is 12.3. The second-order valence-corrected chi connectivity index (χ2v) is 4.87. The van der Waals surface area contributed by atoms with E-state index in [2.05, 4.69) is 18.8 Å². The molecule has 0 aliphatic rings. The number of pyridine rings is 1. The molecule has 0 amide bonds. The maximum atomic E-state index is 11.6. The first kappa shape index (κ1) is 16.2. The van der Waals surface area contributed by atoms with Crippen LogP contribution in [0.25, 0.3) is 0 Å². The summed E-state index contributed by atoms with van der Waals surface area (Å²) in [5, 5.41) is 8.53. The Morgan fingerprint density at radius 3 is 2.65 bits per heavy atom. The summed E-state index contributed by atoms with van der Waals surface area (Å²) in [6.07, 6.45) is 4.41. The van der Waals surface area contributed by atoms with Gasteiger partial charge in [-0.05, 0) is 24.8 Å². The number of carbonyl (C=O) groups is 1. The number of rotatable bonds is 9. The maximum absolute atomic E-state index is 11.6. The summed E-state index contributed by atoms with van der Waals surface area (Å²) in [6, 6.07) is 6.94. The molecule has 0 aliphatic heterocycles. The highest BCUT2D eigenvalue weighted by molar-refractivity contribution is 5.95. The van der Waals surface area contributed by atoms with Crippen molar-refractivity contribution in [3.63, 3.8) is 0 Å². The van der Waals surface area contributed by atoms with Gasteiger partial charge in [0, 0.05) is 6.07 Å². The predicted molar refractivity (Wildman–Crippen MR) is 77.6 cm³/mol. The van der Waals surface area contributed by atoms with E-state index in [1.54, 1.807) is 18.2 Å². The van der Waals surface area contributed by atoms with Crippen molar-refractivity contribution in [2.75, 3.05) is 6.61 Å². The molecule has 20 heavy (non-hydrogen) atoms. The molecule has 0 radical (unpaired) electrons. The van der Waals surface area contributed by atoms with E-state index in [0.717, 1.165) is 25.7 Å². The lowest BCUT2D eigenvalue weighted by Gasteiger charge is -2.15. The molecule has 0 fully saturated rings. The molecule has 1 rings (SSSR count). The number of hydrogen-bond donors (Lipinski definition) is 0. The number of ether oxygens (including phenoxy) is 1. The van der Waals surface area contributed by atoms with Gasteiger partial charge in [-0.1, -0.05) is 32.8 Å². The molecular weight excluding hydrogens is 252 g/mol. The lowest BCUT2D eigenvalue weighted by atomic mass is 9.99. The highest BCUT2D eigenvalue weighted by Gasteiger charge is 2.10. The molecule has 108 valence electrons. The van der Waals surface area contributed by atoms with Gasteiger partial charge in [-0.2, -0.15) is 5.26 Å². The van der Waals surface area contributed by atoms with Crippen molar-refractivity contribution in [2.24, 2.45) is 5.92 Å². The van der Waals surface area contributed by atoms with Crippen molar-refractivity contribution >= 4 is 5.78 Å². The second-order valence-electron chi connectivity index (χ2n) is 4.87. The van der Waals surface area contributed by atoms with Crippen molar-refractivity contribution in [3.05, 3.63) is 23.9 Å². The molecule has 0 unspecified atom stereocenters. The molecule has 0 saturated carbocycles. The normalized spacial score (nSPS) is 10.3. The van der Waals surface area contributed by atoms with Gasteiger partial charge in [0.25, 0.3) is 0 Å². The summed E-state index contributed by atoms with van der Waals surface area (Å²) >= 11 is 0. The van der Waals surface area contributed by atoms with Gasteiger partial charge in [0.1, 0.15) is 12.1 Å². The highest BCUT2D eigenvalue weighted by atomic mass is 16.5. The number of aromatic nitrogens is 1. The summed E-state index contributed by atoms with van der Waals surface area (Å²) < 4.78 is 5.70. The zero-order chi connectivity index (χ0) is 14.8. The topological polar surface area (TPSA) is 63.0 Å². The molecule has 1 aromatic heterocycles. The van der Waals surface area contributed by atoms with E-state index in [1.165, 1.54) is 0 Å². The van der Waals surface area contributed by atoms with Crippen LogP contribution in [0.1, 0.15) is 56.4 Å². The van der Waals surface area contributed by atoms with Gasteiger partial charge in [0.05, 0.1) is 12.7 Å². The molecule has 0 aromatic carbocycles. The first-order valence-electron chi connectivity index (χ1n) is 7.21. The molecular formula is C16H22N2O2. The maximum Gasteiger partial charge on any atom is 0.213 e. The first-order chi connectivity index (χ1) is 9.71. The third-order valence-electron chi connectivity index (χ3n) is 3.11. The zero-order valence-electron chi connectivity index (χ0n) is 12.3. The lowest BCUT2D eigenvalue weighted by molar-refractivity contribution is 0.0991. The Kier molecular flexibility index (Phi) is 7.34. The average Bonchev–Trinajstić information content (AvgIpc) is 2.46. The van der Waals surface area contributed by atoms with E-state index in [-0.39, 0.29) is 12.2 Å². The monoisotopic (exact) mass is 274 g/mol. The van der Waals surface area contributed by atoms with Crippen LogP contribution >= 0.6 is 0 Å². The Balaban J connectivity index is 2.61. The smallest absolute Gasteiger partial charge is 0.213 e. The van der Waals surface area contributed by atoms with Gasteiger partial charge in [-0.15, -0.1) is 0 Å². The van der Waals surface area contributed by atoms with E-state index < -0.39 is 0 Å². The van der Waals surface area contributed by atoms with Gasteiger partial charge in [0.2, 0.25) is 5.88 Å². The van der Waals surface area contributed by atoms with Crippen LogP contribution in [-0.4, -0.2) is 17.4 Å². The minimum Gasteiger partial charge on any atom is -0.477 e. The largest absolute Gasteiger partial charge is 0.477 e. The number of nitrogens with zero attached hydrogens (tertiary/aromatic N) is 2. The minimum atomic E-state index is -0.267. The molecule has 1 aromatic rings. The van der Waals surface area contributed by atoms with Crippen molar-refractivity contribution in [1.29, 1.82) is 5.26 Å². The molecule has 4 nitrogen and oxygen atoms in total. The van der Waals surface area contributed by atoms with Gasteiger partial charge in [-0.3, -0.25) is 4.79 Å². The fraction of sp³-hybridized carbons (Fsp3) is 0.562. The average molecular weight is 274 g/mol. The van der Waals surface area contributed by atoms with Gasteiger partial charge < -0.3 is 4.74 Å². The Bertz CT molecular complexity index is 460. The molecule has 0 atom stereocenters. The van der Waals surface area contributed by atoms with Crippen molar-refractivity contribution in [3.8, 4) is 11.9 Å². The quantitative estimate of drug-likeness (QED) is 0.643. The van der Waals surface area contributed by atoms with Crippen molar-refractivity contribution in [2.45, 2.75) is 46.0 Å². The van der Waals surface area contributed by atoms with E-state index in [0.29, 0.717) is 24.1 Å². The third kappa shape index (κ3) is 5.40. The van der Waals surface area contributed by atoms with Gasteiger partial charge >= 0.3 is 0 Å². The first-order valence-corrected chi connectivity index (χ1v) is 7.21. The Morgan fingerprint density at radius 1 is 1.35 bits per heavy atom. The molecule has 1 heterocycles. The number of nitriles is 1.